The topological polar surface area (TPSA) is 88.2 Å². The Bertz CT molecular complexity index is 598. The molecule has 2 aromatic rings. The third-order valence-corrected chi connectivity index (χ3v) is 3.85. The number of benzene rings is 1. The van der Waals surface area contributed by atoms with E-state index >= 15 is 0 Å². The number of aryl methyl sites for hydroxylation is 1. The van der Waals surface area contributed by atoms with E-state index in [0.717, 1.165) is 6.42 Å². The zero-order valence-corrected chi connectivity index (χ0v) is 12.0. The fraction of sp³-hybridized carbons (Fsp3) is 0.286. The van der Waals surface area contributed by atoms with E-state index in [-0.39, 0.29) is 0 Å². The number of aromatic nitrogens is 1. The minimum Gasteiger partial charge on any atom is -0.480 e. The number of carboxylic acids is 1. The van der Waals surface area contributed by atoms with E-state index in [1.807, 2.05) is 12.1 Å². The summed E-state index contributed by atoms with van der Waals surface area (Å²) < 4.78 is 0. The Morgan fingerprint density at radius 1 is 1.45 bits per heavy atom. The Morgan fingerprint density at radius 3 is 2.80 bits per heavy atom. The molecule has 1 heterocycles. The van der Waals surface area contributed by atoms with Gasteiger partial charge in [-0.1, -0.05) is 31.2 Å². The van der Waals surface area contributed by atoms with Crippen LogP contribution in [0.25, 0.3) is 0 Å². The van der Waals surface area contributed by atoms with Gasteiger partial charge in [0, 0.05) is 11.9 Å². The summed E-state index contributed by atoms with van der Waals surface area (Å²) in [6, 6.07) is 7.14. The maximum absolute atomic E-state index is 10.8. The van der Waals surface area contributed by atoms with Crippen LogP contribution in [0, 0.1) is 0 Å². The van der Waals surface area contributed by atoms with Crippen LogP contribution >= 0.6 is 11.3 Å². The summed E-state index contributed by atoms with van der Waals surface area (Å²) in [4.78, 5) is 15.0. The molecule has 20 heavy (non-hydrogen) atoms. The van der Waals surface area contributed by atoms with Crippen LogP contribution in [0.3, 0.4) is 0 Å². The van der Waals surface area contributed by atoms with Gasteiger partial charge >= 0.3 is 5.97 Å². The number of nitrogens with one attached hydrogen (secondary N) is 1. The van der Waals surface area contributed by atoms with Crippen molar-refractivity contribution in [2.75, 3.05) is 5.32 Å². The van der Waals surface area contributed by atoms with Gasteiger partial charge in [-0.05, 0) is 17.5 Å². The van der Waals surface area contributed by atoms with Crippen molar-refractivity contribution in [3.05, 3.63) is 46.5 Å². The third kappa shape index (κ3) is 3.34. The lowest BCUT2D eigenvalue weighted by Crippen LogP contribution is -2.20. The van der Waals surface area contributed by atoms with Crippen LogP contribution in [0.15, 0.2) is 29.6 Å². The SMILES string of the molecule is CCc1ccccc1CNc1nc(C(N)C(=O)O)cs1. The fourth-order valence-corrected chi connectivity index (χ4v) is 2.63. The lowest BCUT2D eigenvalue weighted by molar-refractivity contribution is -0.138. The number of anilines is 1. The van der Waals surface area contributed by atoms with E-state index in [0.29, 0.717) is 17.4 Å². The van der Waals surface area contributed by atoms with Gasteiger partial charge in [0.25, 0.3) is 0 Å². The molecule has 0 aliphatic rings. The molecule has 1 unspecified atom stereocenters. The molecule has 0 saturated heterocycles. The highest BCUT2D eigenvalue weighted by molar-refractivity contribution is 7.13. The van der Waals surface area contributed by atoms with Crippen LogP contribution in [0.2, 0.25) is 0 Å². The quantitative estimate of drug-likeness (QED) is 0.760. The molecule has 0 saturated carbocycles. The van der Waals surface area contributed by atoms with E-state index in [1.54, 1.807) is 5.38 Å². The summed E-state index contributed by atoms with van der Waals surface area (Å²) in [5.41, 5.74) is 8.41. The second-order valence-corrected chi connectivity index (χ2v) is 5.23. The van der Waals surface area contributed by atoms with Crippen molar-refractivity contribution in [1.82, 2.24) is 4.98 Å². The zero-order valence-electron chi connectivity index (χ0n) is 11.2. The Balaban J connectivity index is 2.03. The van der Waals surface area contributed by atoms with E-state index in [1.165, 1.54) is 22.5 Å². The van der Waals surface area contributed by atoms with E-state index in [4.69, 9.17) is 10.8 Å². The first-order valence-electron chi connectivity index (χ1n) is 6.36. The highest BCUT2D eigenvalue weighted by Crippen LogP contribution is 2.21. The van der Waals surface area contributed by atoms with Crippen LogP contribution in [0.5, 0.6) is 0 Å². The third-order valence-electron chi connectivity index (χ3n) is 3.04. The largest absolute Gasteiger partial charge is 0.480 e. The molecule has 1 atom stereocenters. The summed E-state index contributed by atoms with van der Waals surface area (Å²) in [6.07, 6.45) is 0.977. The van der Waals surface area contributed by atoms with Crippen molar-refractivity contribution in [3.8, 4) is 0 Å². The van der Waals surface area contributed by atoms with Crippen molar-refractivity contribution in [2.24, 2.45) is 5.73 Å². The first kappa shape index (κ1) is 14.5. The summed E-state index contributed by atoms with van der Waals surface area (Å²) >= 11 is 1.36. The van der Waals surface area contributed by atoms with Crippen LogP contribution < -0.4 is 11.1 Å². The van der Waals surface area contributed by atoms with Crippen LogP contribution in [-0.2, 0) is 17.8 Å². The average molecular weight is 291 g/mol. The minimum absolute atomic E-state index is 0.383. The first-order valence-corrected chi connectivity index (χ1v) is 7.24. The van der Waals surface area contributed by atoms with Crippen molar-refractivity contribution in [1.29, 1.82) is 0 Å². The van der Waals surface area contributed by atoms with E-state index in [2.05, 4.69) is 29.4 Å². The van der Waals surface area contributed by atoms with E-state index < -0.39 is 12.0 Å². The minimum atomic E-state index is -1.07. The number of carboxylic acid groups (broad SMARTS) is 1. The van der Waals surface area contributed by atoms with Gasteiger partial charge in [0.1, 0.15) is 6.04 Å². The maximum Gasteiger partial charge on any atom is 0.326 e. The summed E-state index contributed by atoms with van der Waals surface area (Å²) in [5, 5.41) is 14.4. The number of nitrogens with two attached hydrogens (primary N) is 1. The smallest absolute Gasteiger partial charge is 0.326 e. The number of thiazole rings is 1. The van der Waals surface area contributed by atoms with Gasteiger partial charge in [-0.2, -0.15) is 0 Å². The molecule has 0 aliphatic heterocycles. The monoisotopic (exact) mass is 291 g/mol. The Hall–Kier alpha value is -1.92. The van der Waals surface area contributed by atoms with Gasteiger partial charge < -0.3 is 16.2 Å². The molecule has 5 nitrogen and oxygen atoms in total. The summed E-state index contributed by atoms with van der Waals surface area (Å²) in [6.45, 7) is 2.78. The van der Waals surface area contributed by atoms with Gasteiger partial charge in [-0.15, -0.1) is 11.3 Å². The molecule has 0 spiro atoms. The molecule has 0 bridgehead atoms. The Morgan fingerprint density at radius 2 is 2.15 bits per heavy atom. The average Bonchev–Trinajstić information content (AvgIpc) is 2.93. The zero-order chi connectivity index (χ0) is 14.5. The molecule has 1 aromatic carbocycles. The van der Waals surface area contributed by atoms with Crippen molar-refractivity contribution < 1.29 is 9.90 Å². The lowest BCUT2D eigenvalue weighted by atomic mass is 10.1. The molecule has 2 rings (SSSR count). The molecule has 0 amide bonds. The summed E-state index contributed by atoms with van der Waals surface area (Å²) in [7, 11) is 0. The van der Waals surface area contributed by atoms with Gasteiger partial charge in [-0.25, -0.2) is 4.98 Å². The van der Waals surface area contributed by atoms with Crippen molar-refractivity contribution in [2.45, 2.75) is 25.9 Å². The lowest BCUT2D eigenvalue weighted by Gasteiger charge is -2.08. The highest BCUT2D eigenvalue weighted by atomic mass is 32.1. The van der Waals surface area contributed by atoms with E-state index in [9.17, 15) is 4.79 Å². The molecular weight excluding hydrogens is 274 g/mol. The number of aliphatic carboxylic acids is 1. The molecule has 0 aliphatic carbocycles. The Labute approximate surface area is 121 Å². The molecule has 6 heteroatoms. The molecular formula is C14H17N3O2S. The number of carbonyl (C=O) groups is 1. The van der Waals surface area contributed by atoms with Crippen LogP contribution in [-0.4, -0.2) is 16.1 Å². The summed E-state index contributed by atoms with van der Waals surface area (Å²) in [5.74, 6) is -1.07. The van der Waals surface area contributed by atoms with Crippen molar-refractivity contribution >= 4 is 22.4 Å². The molecule has 0 radical (unpaired) electrons. The van der Waals surface area contributed by atoms with Crippen molar-refractivity contribution in [3.63, 3.8) is 0 Å². The van der Waals surface area contributed by atoms with Crippen LogP contribution in [0.4, 0.5) is 5.13 Å². The second-order valence-electron chi connectivity index (χ2n) is 4.37. The number of nitrogens with zero attached hydrogens (tertiary/aromatic N) is 1. The molecule has 4 N–H and O–H groups in total. The second kappa shape index (κ2) is 6.49. The number of rotatable bonds is 6. The predicted molar refractivity (Wildman–Crippen MR) is 79.8 cm³/mol. The van der Waals surface area contributed by atoms with Crippen LogP contribution in [0.1, 0.15) is 29.8 Å². The molecule has 0 fully saturated rings. The highest BCUT2D eigenvalue weighted by Gasteiger charge is 2.17. The standard InChI is InChI=1S/C14H17N3O2S/c1-2-9-5-3-4-6-10(9)7-16-14-17-11(8-20-14)12(15)13(18)19/h3-6,8,12H,2,7,15H2,1H3,(H,16,17)(H,18,19). The molecule has 1 aromatic heterocycles. The number of hydrogen-bond acceptors (Lipinski definition) is 5. The normalized spacial score (nSPS) is 12.1. The van der Waals surface area contributed by atoms with Gasteiger partial charge in [0.2, 0.25) is 0 Å². The maximum atomic E-state index is 10.8. The van der Waals surface area contributed by atoms with Gasteiger partial charge in [0.15, 0.2) is 5.13 Å². The Kier molecular flexibility index (Phi) is 4.70. The fourth-order valence-electron chi connectivity index (χ4n) is 1.88. The number of hydrogen-bond donors (Lipinski definition) is 3. The van der Waals surface area contributed by atoms with Gasteiger partial charge in [-0.3, -0.25) is 4.79 Å². The van der Waals surface area contributed by atoms with Gasteiger partial charge in [0.05, 0.1) is 5.69 Å². The predicted octanol–water partition coefficient (Wildman–Crippen LogP) is 2.40. The molecule has 106 valence electrons. The first-order chi connectivity index (χ1) is 9.61.